The molecule has 6 nitrogen and oxygen atoms in total. The first-order chi connectivity index (χ1) is 12.4. The van der Waals surface area contributed by atoms with Gasteiger partial charge in [0.1, 0.15) is 0 Å². The average Bonchev–Trinajstić information content (AvgIpc) is 2.65. The summed E-state index contributed by atoms with van der Waals surface area (Å²) in [4.78, 5) is 28.4. The summed E-state index contributed by atoms with van der Waals surface area (Å²) in [5.41, 5.74) is 1.21. The summed E-state index contributed by atoms with van der Waals surface area (Å²) in [5, 5.41) is 18.5. The van der Waals surface area contributed by atoms with Crippen molar-refractivity contribution in [3.05, 3.63) is 35.4 Å². The molecule has 138 valence electrons. The largest absolute Gasteiger partial charge is 0.392 e. The molecule has 2 heterocycles. The number of aliphatic hydroxyl groups is 1. The number of aliphatic hydroxyl groups excluding tert-OH is 1. The highest BCUT2D eigenvalue weighted by Crippen LogP contribution is 2.40. The van der Waals surface area contributed by atoms with Crippen LogP contribution in [0, 0.1) is 16.7 Å². The van der Waals surface area contributed by atoms with Gasteiger partial charge in [0.2, 0.25) is 5.91 Å². The van der Waals surface area contributed by atoms with E-state index in [4.69, 9.17) is 5.26 Å². The monoisotopic (exact) mass is 355 g/mol. The first-order valence-electron chi connectivity index (χ1n) is 9.18. The van der Waals surface area contributed by atoms with Gasteiger partial charge in [-0.3, -0.25) is 9.59 Å². The first-order valence-corrected chi connectivity index (χ1v) is 9.18. The smallest absolute Gasteiger partial charge is 0.253 e. The zero-order valence-electron chi connectivity index (χ0n) is 15.1. The van der Waals surface area contributed by atoms with Crippen LogP contribution in [0.25, 0.3) is 0 Å². The number of nitriles is 1. The van der Waals surface area contributed by atoms with Gasteiger partial charge in [0.25, 0.3) is 5.91 Å². The number of hydrogen-bond acceptors (Lipinski definition) is 4. The van der Waals surface area contributed by atoms with Gasteiger partial charge in [0.05, 0.1) is 17.7 Å². The molecule has 0 radical (unpaired) electrons. The molecule has 2 amide bonds. The summed E-state index contributed by atoms with van der Waals surface area (Å²) in [7, 11) is 0. The third-order valence-corrected chi connectivity index (χ3v) is 5.61. The molecule has 2 saturated heterocycles. The second kappa shape index (κ2) is 7.46. The lowest BCUT2D eigenvalue weighted by atomic mass is 9.72. The fourth-order valence-electron chi connectivity index (χ4n) is 4.05. The third kappa shape index (κ3) is 3.88. The van der Waals surface area contributed by atoms with Gasteiger partial charge in [-0.15, -0.1) is 0 Å². The highest BCUT2D eigenvalue weighted by molar-refractivity contribution is 5.94. The van der Waals surface area contributed by atoms with E-state index in [1.54, 1.807) is 36.1 Å². The summed E-state index contributed by atoms with van der Waals surface area (Å²) in [6.45, 7) is 4.11. The number of rotatable bonds is 3. The normalized spacial score (nSPS) is 20.7. The van der Waals surface area contributed by atoms with Crippen LogP contribution in [0.1, 0.15) is 48.5 Å². The minimum Gasteiger partial charge on any atom is -0.392 e. The molecule has 26 heavy (non-hydrogen) atoms. The number of benzene rings is 1. The number of amides is 2. The van der Waals surface area contributed by atoms with Gasteiger partial charge in [-0.1, -0.05) is 0 Å². The molecule has 1 N–H and O–H groups in total. The number of carbonyl (C=O) groups is 2. The SMILES string of the molecule is C[C@H](O)CN1CC2(CCC1=O)CCN(C(=O)c1ccc(C#N)cc1)CC2. The van der Waals surface area contributed by atoms with Crippen LogP contribution in [-0.4, -0.2) is 59.0 Å². The molecule has 3 rings (SSSR count). The summed E-state index contributed by atoms with van der Waals surface area (Å²) in [6, 6.07) is 8.80. The van der Waals surface area contributed by atoms with Crippen molar-refractivity contribution < 1.29 is 14.7 Å². The van der Waals surface area contributed by atoms with Crippen LogP contribution in [0.15, 0.2) is 24.3 Å². The summed E-state index contributed by atoms with van der Waals surface area (Å²) in [6.07, 6.45) is 2.61. The van der Waals surface area contributed by atoms with E-state index in [1.165, 1.54) is 0 Å². The molecule has 2 aliphatic rings. The van der Waals surface area contributed by atoms with Crippen LogP contribution in [-0.2, 0) is 4.79 Å². The minimum absolute atomic E-state index is 0.00272. The Morgan fingerprint density at radius 1 is 1.27 bits per heavy atom. The van der Waals surface area contributed by atoms with E-state index in [9.17, 15) is 14.7 Å². The second-order valence-electron chi connectivity index (χ2n) is 7.60. The van der Waals surface area contributed by atoms with Gasteiger partial charge in [0, 0.05) is 38.2 Å². The summed E-state index contributed by atoms with van der Waals surface area (Å²) >= 11 is 0. The topological polar surface area (TPSA) is 84.6 Å². The fourth-order valence-corrected chi connectivity index (χ4v) is 4.05. The van der Waals surface area contributed by atoms with E-state index in [1.807, 2.05) is 4.90 Å². The van der Waals surface area contributed by atoms with Crippen molar-refractivity contribution in [2.45, 2.75) is 38.7 Å². The Morgan fingerprint density at radius 2 is 1.92 bits per heavy atom. The van der Waals surface area contributed by atoms with E-state index in [-0.39, 0.29) is 17.2 Å². The lowest BCUT2D eigenvalue weighted by Gasteiger charge is -2.47. The molecule has 2 aliphatic heterocycles. The molecule has 0 aliphatic carbocycles. The van der Waals surface area contributed by atoms with Crippen molar-refractivity contribution in [1.82, 2.24) is 9.80 Å². The van der Waals surface area contributed by atoms with Gasteiger partial charge >= 0.3 is 0 Å². The van der Waals surface area contributed by atoms with Crippen molar-refractivity contribution in [3.8, 4) is 6.07 Å². The van der Waals surface area contributed by atoms with E-state index in [2.05, 4.69) is 6.07 Å². The molecule has 1 aromatic rings. The van der Waals surface area contributed by atoms with Gasteiger partial charge in [-0.05, 0) is 55.9 Å². The second-order valence-corrected chi connectivity index (χ2v) is 7.60. The van der Waals surface area contributed by atoms with Crippen LogP contribution in [0.3, 0.4) is 0 Å². The van der Waals surface area contributed by atoms with E-state index in [0.29, 0.717) is 43.7 Å². The molecular formula is C20H25N3O3. The molecule has 0 saturated carbocycles. The zero-order chi connectivity index (χ0) is 18.7. The van der Waals surface area contributed by atoms with Crippen LogP contribution >= 0.6 is 0 Å². The molecule has 1 spiro atoms. The Bertz CT molecular complexity index is 713. The van der Waals surface area contributed by atoms with Crippen molar-refractivity contribution >= 4 is 11.8 Å². The third-order valence-electron chi connectivity index (χ3n) is 5.61. The Kier molecular flexibility index (Phi) is 5.28. The van der Waals surface area contributed by atoms with Gasteiger partial charge in [-0.25, -0.2) is 0 Å². The average molecular weight is 355 g/mol. The number of likely N-dealkylation sites (tertiary alicyclic amines) is 2. The standard InChI is InChI=1S/C20H25N3O3/c1-15(24)13-23-14-20(7-6-18(23)25)8-10-22(11-9-20)19(26)17-4-2-16(12-21)3-5-17/h2-5,15,24H,6-11,13-14H2,1H3/t15-/m0/s1. The molecule has 1 aromatic carbocycles. The maximum atomic E-state index is 12.7. The van der Waals surface area contributed by atoms with Crippen LogP contribution in [0.4, 0.5) is 0 Å². The van der Waals surface area contributed by atoms with Crippen molar-refractivity contribution in [1.29, 1.82) is 5.26 Å². The van der Waals surface area contributed by atoms with Crippen LogP contribution < -0.4 is 0 Å². The number of piperidine rings is 2. The van der Waals surface area contributed by atoms with E-state index >= 15 is 0 Å². The number of β-amino-alcohol motifs (C(OH)–C–C–N with tert-alkyl or cyclic N) is 1. The van der Waals surface area contributed by atoms with Crippen LogP contribution in [0.2, 0.25) is 0 Å². The molecule has 6 heteroatoms. The Balaban J connectivity index is 1.62. The Morgan fingerprint density at radius 3 is 2.50 bits per heavy atom. The highest BCUT2D eigenvalue weighted by Gasteiger charge is 2.41. The number of hydrogen-bond donors (Lipinski definition) is 1. The van der Waals surface area contributed by atoms with Crippen molar-refractivity contribution in [3.63, 3.8) is 0 Å². The molecule has 0 aromatic heterocycles. The van der Waals surface area contributed by atoms with Crippen molar-refractivity contribution in [2.75, 3.05) is 26.2 Å². The summed E-state index contributed by atoms with van der Waals surface area (Å²) in [5.74, 6) is 0.115. The number of carbonyl (C=O) groups excluding carboxylic acids is 2. The predicted molar refractivity (Wildman–Crippen MR) is 96.2 cm³/mol. The molecular weight excluding hydrogens is 330 g/mol. The van der Waals surface area contributed by atoms with Gasteiger partial charge < -0.3 is 14.9 Å². The minimum atomic E-state index is -0.521. The number of nitrogens with zero attached hydrogens (tertiary/aromatic N) is 3. The lowest BCUT2D eigenvalue weighted by Crippen LogP contribution is -2.53. The summed E-state index contributed by atoms with van der Waals surface area (Å²) < 4.78 is 0. The highest BCUT2D eigenvalue weighted by atomic mass is 16.3. The maximum Gasteiger partial charge on any atom is 0.253 e. The zero-order valence-corrected chi connectivity index (χ0v) is 15.1. The van der Waals surface area contributed by atoms with Crippen molar-refractivity contribution in [2.24, 2.45) is 5.41 Å². The first kappa shape index (κ1) is 18.4. The molecule has 0 unspecified atom stereocenters. The maximum absolute atomic E-state index is 12.7. The Labute approximate surface area is 154 Å². The molecule has 1 atom stereocenters. The van der Waals surface area contributed by atoms with Crippen LogP contribution in [0.5, 0.6) is 0 Å². The fraction of sp³-hybridized carbons (Fsp3) is 0.550. The quantitative estimate of drug-likeness (QED) is 0.896. The Hall–Kier alpha value is -2.39. The lowest BCUT2D eigenvalue weighted by molar-refractivity contribution is -0.140. The molecule has 0 bridgehead atoms. The van der Waals surface area contributed by atoms with Gasteiger partial charge in [-0.2, -0.15) is 5.26 Å². The van der Waals surface area contributed by atoms with E-state index < -0.39 is 6.10 Å². The van der Waals surface area contributed by atoms with E-state index in [0.717, 1.165) is 19.3 Å². The van der Waals surface area contributed by atoms with Gasteiger partial charge in [0.15, 0.2) is 0 Å². The predicted octanol–water partition coefficient (Wildman–Crippen LogP) is 1.78. The molecule has 2 fully saturated rings.